The minimum absolute atomic E-state index is 0.227. The SMILES string of the molecule is CSc1nc(Nc2ccc(O)cc2)c2[nH]cnc2n1. The Balaban J connectivity index is 2.03. The molecule has 1 aromatic carbocycles. The first-order valence-corrected chi connectivity index (χ1v) is 6.80. The summed E-state index contributed by atoms with van der Waals surface area (Å²) >= 11 is 1.46. The molecule has 0 aliphatic carbocycles. The van der Waals surface area contributed by atoms with Crippen molar-refractivity contribution in [1.82, 2.24) is 19.9 Å². The number of H-pyrrole nitrogens is 1. The first kappa shape index (κ1) is 11.8. The van der Waals surface area contributed by atoms with Crippen LogP contribution in [0.4, 0.5) is 11.5 Å². The van der Waals surface area contributed by atoms with Gasteiger partial charge in [-0.15, -0.1) is 0 Å². The highest BCUT2D eigenvalue weighted by molar-refractivity contribution is 7.98. The molecule has 96 valence electrons. The molecule has 0 unspecified atom stereocenters. The molecule has 2 aromatic heterocycles. The molecule has 0 fully saturated rings. The molecule has 0 aliphatic rings. The van der Waals surface area contributed by atoms with Crippen molar-refractivity contribution in [1.29, 1.82) is 0 Å². The number of hydrogen-bond donors (Lipinski definition) is 3. The minimum atomic E-state index is 0.227. The summed E-state index contributed by atoms with van der Waals surface area (Å²) < 4.78 is 0. The number of rotatable bonds is 3. The number of phenols is 1. The number of hydrogen-bond acceptors (Lipinski definition) is 6. The standard InChI is InChI=1S/C12H11N5OS/c1-19-12-16-10-9(13-6-14-10)11(17-12)15-7-2-4-8(18)5-3-7/h2-6,18H,1H3,(H2,13,14,15,16,17). The average molecular weight is 273 g/mol. The van der Waals surface area contributed by atoms with Crippen LogP contribution in [0.1, 0.15) is 0 Å². The van der Waals surface area contributed by atoms with Gasteiger partial charge in [-0.25, -0.2) is 15.0 Å². The molecule has 0 radical (unpaired) electrons. The first-order valence-electron chi connectivity index (χ1n) is 5.57. The molecule has 0 aliphatic heterocycles. The molecule has 6 nitrogen and oxygen atoms in total. The Kier molecular flexibility index (Phi) is 2.96. The van der Waals surface area contributed by atoms with E-state index in [9.17, 15) is 5.11 Å². The third-order valence-corrected chi connectivity index (χ3v) is 3.13. The zero-order valence-corrected chi connectivity index (χ0v) is 10.9. The van der Waals surface area contributed by atoms with Crippen molar-refractivity contribution >= 4 is 34.4 Å². The lowest BCUT2D eigenvalue weighted by Crippen LogP contribution is -1.98. The molecule has 0 saturated heterocycles. The lowest BCUT2D eigenvalue weighted by molar-refractivity contribution is 0.475. The molecule has 0 saturated carbocycles. The number of fused-ring (bicyclic) bond motifs is 1. The predicted octanol–water partition coefficient (Wildman–Crippen LogP) is 2.52. The minimum Gasteiger partial charge on any atom is -0.508 e. The molecule has 7 heteroatoms. The van der Waals surface area contributed by atoms with E-state index in [-0.39, 0.29) is 5.75 Å². The van der Waals surface area contributed by atoms with Crippen LogP contribution in [0, 0.1) is 0 Å². The zero-order chi connectivity index (χ0) is 13.2. The molecule has 0 bridgehead atoms. The summed E-state index contributed by atoms with van der Waals surface area (Å²) in [6.07, 6.45) is 3.50. The summed E-state index contributed by atoms with van der Waals surface area (Å²) in [7, 11) is 0. The molecular formula is C12H11N5OS. The Hall–Kier alpha value is -2.28. The van der Waals surface area contributed by atoms with Gasteiger partial charge in [0.2, 0.25) is 0 Å². The number of thioether (sulfide) groups is 1. The highest BCUT2D eigenvalue weighted by atomic mass is 32.2. The lowest BCUT2D eigenvalue weighted by Gasteiger charge is -2.07. The number of nitrogens with zero attached hydrogens (tertiary/aromatic N) is 3. The van der Waals surface area contributed by atoms with Gasteiger partial charge in [-0.3, -0.25) is 0 Å². The van der Waals surface area contributed by atoms with E-state index in [4.69, 9.17) is 0 Å². The van der Waals surface area contributed by atoms with Gasteiger partial charge in [0.05, 0.1) is 6.33 Å². The van der Waals surface area contributed by atoms with Gasteiger partial charge >= 0.3 is 0 Å². The smallest absolute Gasteiger partial charge is 0.191 e. The van der Waals surface area contributed by atoms with Gasteiger partial charge in [-0.1, -0.05) is 11.8 Å². The van der Waals surface area contributed by atoms with Gasteiger partial charge < -0.3 is 15.4 Å². The van der Waals surface area contributed by atoms with Gasteiger partial charge in [-0.2, -0.15) is 0 Å². The van der Waals surface area contributed by atoms with E-state index in [1.54, 1.807) is 30.6 Å². The topological polar surface area (TPSA) is 86.7 Å². The van der Waals surface area contributed by atoms with E-state index in [1.165, 1.54) is 11.8 Å². The van der Waals surface area contributed by atoms with E-state index >= 15 is 0 Å². The summed E-state index contributed by atoms with van der Waals surface area (Å²) in [5.41, 5.74) is 2.21. The number of imidazole rings is 1. The van der Waals surface area contributed by atoms with Crippen LogP contribution < -0.4 is 5.32 Å². The predicted molar refractivity (Wildman–Crippen MR) is 74.9 cm³/mol. The second-order valence-corrected chi connectivity index (χ2v) is 4.61. The summed E-state index contributed by atoms with van der Waals surface area (Å²) in [5, 5.41) is 13.1. The molecule has 3 rings (SSSR count). The number of benzene rings is 1. The molecule has 0 atom stereocenters. The Morgan fingerprint density at radius 2 is 2.00 bits per heavy atom. The maximum atomic E-state index is 9.27. The highest BCUT2D eigenvalue weighted by Gasteiger charge is 2.09. The largest absolute Gasteiger partial charge is 0.508 e. The Bertz CT molecular complexity index is 710. The van der Waals surface area contributed by atoms with Crippen LogP contribution in [-0.2, 0) is 0 Å². The second-order valence-electron chi connectivity index (χ2n) is 3.83. The van der Waals surface area contributed by atoms with Crippen molar-refractivity contribution < 1.29 is 5.11 Å². The van der Waals surface area contributed by atoms with Crippen molar-refractivity contribution in [2.45, 2.75) is 5.16 Å². The van der Waals surface area contributed by atoms with Crippen molar-refractivity contribution in [3.05, 3.63) is 30.6 Å². The van der Waals surface area contributed by atoms with Crippen molar-refractivity contribution in [3.63, 3.8) is 0 Å². The molecule has 3 N–H and O–H groups in total. The fourth-order valence-electron chi connectivity index (χ4n) is 1.68. The first-order chi connectivity index (χ1) is 9.26. The second kappa shape index (κ2) is 4.77. The Morgan fingerprint density at radius 3 is 2.74 bits per heavy atom. The third kappa shape index (κ3) is 2.32. The molecule has 0 amide bonds. The number of phenolic OH excluding ortho intramolecular Hbond substituents is 1. The van der Waals surface area contributed by atoms with Gasteiger partial charge in [0.1, 0.15) is 11.3 Å². The van der Waals surface area contributed by atoms with Crippen LogP contribution in [0.5, 0.6) is 5.75 Å². The summed E-state index contributed by atoms with van der Waals surface area (Å²) in [6.45, 7) is 0. The highest BCUT2D eigenvalue weighted by Crippen LogP contribution is 2.24. The van der Waals surface area contributed by atoms with Crippen LogP contribution in [-0.4, -0.2) is 31.3 Å². The van der Waals surface area contributed by atoms with E-state index in [0.29, 0.717) is 16.6 Å². The number of anilines is 2. The van der Waals surface area contributed by atoms with E-state index in [2.05, 4.69) is 25.3 Å². The third-order valence-electron chi connectivity index (χ3n) is 2.58. The van der Waals surface area contributed by atoms with Gasteiger partial charge in [0.15, 0.2) is 16.6 Å². The zero-order valence-electron chi connectivity index (χ0n) is 10.1. The Labute approximate surface area is 113 Å². The monoisotopic (exact) mass is 273 g/mol. The van der Waals surface area contributed by atoms with Crippen molar-refractivity contribution in [3.8, 4) is 5.75 Å². The summed E-state index contributed by atoms with van der Waals surface area (Å²) in [5.74, 6) is 0.891. The molecule has 2 heterocycles. The van der Waals surface area contributed by atoms with E-state index in [0.717, 1.165) is 11.2 Å². The van der Waals surface area contributed by atoms with Gasteiger partial charge in [-0.05, 0) is 30.5 Å². The number of aromatic amines is 1. The quantitative estimate of drug-likeness (QED) is 0.386. The van der Waals surface area contributed by atoms with Crippen LogP contribution in [0.15, 0.2) is 35.7 Å². The molecule has 3 aromatic rings. The Morgan fingerprint density at radius 1 is 1.21 bits per heavy atom. The summed E-state index contributed by atoms with van der Waals surface area (Å²) in [6, 6.07) is 6.78. The van der Waals surface area contributed by atoms with Crippen LogP contribution in [0.25, 0.3) is 11.2 Å². The molecule has 19 heavy (non-hydrogen) atoms. The van der Waals surface area contributed by atoms with E-state index in [1.807, 2.05) is 6.26 Å². The molecule has 0 spiro atoms. The fraction of sp³-hybridized carbons (Fsp3) is 0.0833. The van der Waals surface area contributed by atoms with Crippen LogP contribution in [0.2, 0.25) is 0 Å². The van der Waals surface area contributed by atoms with Crippen molar-refractivity contribution in [2.75, 3.05) is 11.6 Å². The maximum Gasteiger partial charge on any atom is 0.191 e. The number of aromatic nitrogens is 4. The fourth-order valence-corrected chi connectivity index (χ4v) is 2.04. The van der Waals surface area contributed by atoms with E-state index < -0.39 is 0 Å². The van der Waals surface area contributed by atoms with Crippen LogP contribution in [0.3, 0.4) is 0 Å². The van der Waals surface area contributed by atoms with Crippen LogP contribution >= 0.6 is 11.8 Å². The lowest BCUT2D eigenvalue weighted by atomic mass is 10.3. The maximum absolute atomic E-state index is 9.27. The average Bonchev–Trinajstić information content (AvgIpc) is 2.89. The van der Waals surface area contributed by atoms with Gasteiger partial charge in [0.25, 0.3) is 0 Å². The normalized spacial score (nSPS) is 10.8. The number of nitrogens with one attached hydrogen (secondary N) is 2. The van der Waals surface area contributed by atoms with Gasteiger partial charge in [0, 0.05) is 5.69 Å². The van der Waals surface area contributed by atoms with Crippen molar-refractivity contribution in [2.24, 2.45) is 0 Å². The number of aromatic hydroxyl groups is 1. The summed E-state index contributed by atoms with van der Waals surface area (Å²) in [4.78, 5) is 15.9. The molecular weight excluding hydrogens is 262 g/mol.